The third-order valence-electron chi connectivity index (χ3n) is 5.42. The molecule has 0 saturated carbocycles. The Morgan fingerprint density at radius 3 is 2.16 bits per heavy atom. The molecular formula is C24H29N3O7S3. The van der Waals surface area contributed by atoms with Crippen LogP contribution < -0.4 is 4.80 Å². The van der Waals surface area contributed by atoms with Crippen molar-refractivity contribution in [2.75, 3.05) is 46.8 Å². The fraction of sp³-hybridized carbons (Fsp3) is 0.333. The molecule has 3 rings (SSSR count). The highest BCUT2D eigenvalue weighted by molar-refractivity contribution is 7.90. The zero-order valence-electron chi connectivity index (χ0n) is 20.8. The number of nitrogens with zero attached hydrogens (tertiary/aromatic N) is 3. The van der Waals surface area contributed by atoms with Crippen molar-refractivity contribution in [3.05, 3.63) is 65.5 Å². The lowest BCUT2D eigenvalue weighted by atomic mass is 10.2. The van der Waals surface area contributed by atoms with Gasteiger partial charge >= 0.3 is 0 Å². The van der Waals surface area contributed by atoms with Crippen LogP contribution >= 0.6 is 11.3 Å². The summed E-state index contributed by atoms with van der Waals surface area (Å²) in [4.78, 5) is 17.8. The lowest BCUT2D eigenvalue weighted by molar-refractivity contribution is 0.0997. The van der Waals surface area contributed by atoms with Gasteiger partial charge in [-0.25, -0.2) is 16.8 Å². The third kappa shape index (κ3) is 6.80. The van der Waals surface area contributed by atoms with Crippen molar-refractivity contribution >= 4 is 47.3 Å². The summed E-state index contributed by atoms with van der Waals surface area (Å²) in [6.45, 7) is 4.88. The number of hydrogen-bond acceptors (Lipinski definition) is 8. The van der Waals surface area contributed by atoms with Gasteiger partial charge in [-0.3, -0.25) is 4.79 Å². The number of fused-ring (bicyclic) bond motifs is 1. The molecule has 3 aromatic rings. The molecule has 10 nitrogen and oxygen atoms in total. The smallest absolute Gasteiger partial charge is 0.279 e. The molecule has 0 bridgehead atoms. The second-order valence-electron chi connectivity index (χ2n) is 8.02. The van der Waals surface area contributed by atoms with E-state index in [9.17, 15) is 21.6 Å². The first-order valence-corrected chi connectivity index (χ1v) is 15.3. The van der Waals surface area contributed by atoms with Crippen LogP contribution in [0.25, 0.3) is 10.2 Å². The second-order valence-corrected chi connectivity index (χ2v) is 13.0. The van der Waals surface area contributed by atoms with E-state index in [2.05, 4.69) is 11.6 Å². The van der Waals surface area contributed by atoms with Crippen LogP contribution in [-0.2, 0) is 35.9 Å². The maximum atomic E-state index is 13.1. The molecule has 1 heterocycles. The molecule has 13 heteroatoms. The van der Waals surface area contributed by atoms with Crippen LogP contribution in [-0.4, -0.2) is 78.4 Å². The van der Waals surface area contributed by atoms with E-state index in [4.69, 9.17) is 9.47 Å². The van der Waals surface area contributed by atoms with Crippen LogP contribution in [0.2, 0.25) is 0 Å². The molecule has 0 unspecified atom stereocenters. The highest BCUT2D eigenvalue weighted by atomic mass is 32.2. The Balaban J connectivity index is 1.96. The van der Waals surface area contributed by atoms with E-state index in [0.717, 1.165) is 11.8 Å². The second kappa shape index (κ2) is 12.2. The first-order chi connectivity index (χ1) is 17.5. The number of carbonyl (C=O) groups excluding carboxylic acids is 1. The summed E-state index contributed by atoms with van der Waals surface area (Å²) in [6.07, 6.45) is 2.78. The Kier molecular flexibility index (Phi) is 9.56. The van der Waals surface area contributed by atoms with Crippen molar-refractivity contribution in [3.63, 3.8) is 0 Å². The number of amides is 1. The summed E-state index contributed by atoms with van der Waals surface area (Å²) in [5.74, 6) is -0.563. The summed E-state index contributed by atoms with van der Waals surface area (Å²) in [5.41, 5.74) is 0.927. The van der Waals surface area contributed by atoms with E-state index < -0.39 is 25.8 Å². The molecule has 0 fully saturated rings. The first-order valence-electron chi connectivity index (χ1n) is 11.1. The monoisotopic (exact) mass is 567 g/mol. The number of hydrogen-bond donors (Lipinski definition) is 0. The maximum absolute atomic E-state index is 13.1. The Hall–Kier alpha value is -2.68. The fourth-order valence-corrected chi connectivity index (χ4v) is 6.69. The van der Waals surface area contributed by atoms with E-state index in [1.807, 2.05) is 0 Å². The largest absolute Gasteiger partial charge is 0.383 e. The lowest BCUT2D eigenvalue weighted by Gasteiger charge is -2.21. The van der Waals surface area contributed by atoms with Crippen LogP contribution in [0.3, 0.4) is 0 Å². The van der Waals surface area contributed by atoms with Gasteiger partial charge in [-0.05, 0) is 42.5 Å². The molecule has 0 aliphatic heterocycles. The van der Waals surface area contributed by atoms with E-state index >= 15 is 0 Å². The molecule has 0 spiro atoms. The third-order valence-corrected chi connectivity index (χ3v) is 9.48. The van der Waals surface area contributed by atoms with Crippen LogP contribution in [0, 0.1) is 0 Å². The summed E-state index contributed by atoms with van der Waals surface area (Å²) < 4.78 is 63.8. The fourth-order valence-electron chi connectivity index (χ4n) is 3.48. The van der Waals surface area contributed by atoms with Gasteiger partial charge in [0.25, 0.3) is 5.91 Å². The molecule has 1 aromatic heterocycles. The standard InChI is InChI=1S/C24H29N3O7S3/c1-5-12-27-21-11-10-20(36(4,29)30)17-22(21)35-24(27)25-23(28)18-6-8-19(9-7-18)37(31,32)26(13-15-33-2)14-16-34-3/h5-11,17H,1,12-16H2,2-4H3. The molecule has 0 radical (unpaired) electrons. The molecule has 1 amide bonds. The van der Waals surface area contributed by atoms with E-state index in [0.29, 0.717) is 16.0 Å². The molecular weight excluding hydrogens is 538 g/mol. The summed E-state index contributed by atoms with van der Waals surface area (Å²) in [6, 6.07) is 10.3. The molecule has 0 saturated heterocycles. The number of benzene rings is 2. The summed E-state index contributed by atoms with van der Waals surface area (Å²) >= 11 is 1.18. The molecule has 37 heavy (non-hydrogen) atoms. The van der Waals surface area contributed by atoms with Crippen molar-refractivity contribution < 1.29 is 31.1 Å². The van der Waals surface area contributed by atoms with Gasteiger partial charge in [-0.15, -0.1) is 6.58 Å². The highest BCUT2D eigenvalue weighted by Gasteiger charge is 2.24. The normalized spacial score (nSPS) is 12.9. The Morgan fingerprint density at radius 2 is 1.62 bits per heavy atom. The number of thiazole rings is 1. The van der Waals surface area contributed by atoms with E-state index in [1.54, 1.807) is 22.8 Å². The van der Waals surface area contributed by atoms with Crippen LogP contribution in [0.15, 0.2) is 69.9 Å². The van der Waals surface area contributed by atoms with Gasteiger partial charge in [-0.1, -0.05) is 17.4 Å². The minimum Gasteiger partial charge on any atom is -0.383 e. The van der Waals surface area contributed by atoms with Crippen LogP contribution in [0.4, 0.5) is 0 Å². The predicted octanol–water partition coefficient (Wildman–Crippen LogP) is 2.32. The first kappa shape index (κ1) is 28.9. The molecule has 0 atom stereocenters. The quantitative estimate of drug-likeness (QED) is 0.308. The molecule has 200 valence electrons. The van der Waals surface area contributed by atoms with Gasteiger partial charge in [0.2, 0.25) is 10.0 Å². The number of carbonyl (C=O) groups is 1. The Labute approximate surface area is 220 Å². The Morgan fingerprint density at radius 1 is 1.03 bits per heavy atom. The Bertz CT molecular complexity index is 1550. The number of ether oxygens (including phenoxy) is 2. The number of methoxy groups -OCH3 is 2. The lowest BCUT2D eigenvalue weighted by Crippen LogP contribution is -2.36. The minimum atomic E-state index is -3.83. The van der Waals surface area contributed by atoms with E-state index in [-0.39, 0.29) is 41.7 Å². The van der Waals surface area contributed by atoms with E-state index in [1.165, 1.54) is 60.2 Å². The van der Waals surface area contributed by atoms with Gasteiger partial charge in [0, 0.05) is 45.7 Å². The van der Waals surface area contributed by atoms with Gasteiger partial charge < -0.3 is 14.0 Å². The van der Waals surface area contributed by atoms with Crippen molar-refractivity contribution in [2.24, 2.45) is 4.99 Å². The average Bonchev–Trinajstić information content (AvgIpc) is 3.19. The summed E-state index contributed by atoms with van der Waals surface area (Å²) in [7, 11) is -4.24. The molecule has 0 N–H and O–H groups in total. The van der Waals surface area contributed by atoms with Crippen molar-refractivity contribution in [1.82, 2.24) is 8.87 Å². The van der Waals surface area contributed by atoms with Gasteiger partial charge in [0.05, 0.1) is 33.2 Å². The number of rotatable bonds is 12. The average molecular weight is 568 g/mol. The topological polar surface area (TPSA) is 124 Å². The zero-order valence-corrected chi connectivity index (χ0v) is 23.2. The minimum absolute atomic E-state index is 0.0353. The summed E-state index contributed by atoms with van der Waals surface area (Å²) in [5, 5.41) is 0. The molecule has 0 aliphatic rings. The maximum Gasteiger partial charge on any atom is 0.279 e. The molecule has 2 aromatic carbocycles. The molecule has 0 aliphatic carbocycles. The van der Waals surface area contributed by atoms with Crippen molar-refractivity contribution in [1.29, 1.82) is 0 Å². The number of aromatic nitrogens is 1. The zero-order chi connectivity index (χ0) is 27.2. The number of allylic oxidation sites excluding steroid dienone is 1. The predicted molar refractivity (Wildman–Crippen MR) is 142 cm³/mol. The SMILES string of the molecule is C=CCn1c(=NC(=O)c2ccc(S(=O)(=O)N(CCOC)CCOC)cc2)sc2cc(S(C)(=O)=O)ccc21. The number of sulfone groups is 1. The van der Waals surface area contributed by atoms with Gasteiger partial charge in [0.1, 0.15) is 0 Å². The van der Waals surface area contributed by atoms with Gasteiger partial charge in [0.15, 0.2) is 14.6 Å². The highest BCUT2D eigenvalue weighted by Crippen LogP contribution is 2.22. The van der Waals surface area contributed by atoms with Crippen molar-refractivity contribution in [2.45, 2.75) is 16.3 Å². The van der Waals surface area contributed by atoms with Gasteiger partial charge in [-0.2, -0.15) is 9.30 Å². The van der Waals surface area contributed by atoms with Crippen LogP contribution in [0.5, 0.6) is 0 Å². The number of sulfonamides is 1. The van der Waals surface area contributed by atoms with Crippen LogP contribution in [0.1, 0.15) is 10.4 Å². The van der Waals surface area contributed by atoms with Crippen molar-refractivity contribution in [3.8, 4) is 0 Å².